The normalized spacial score (nSPS) is 14.6. The third-order valence-corrected chi connectivity index (χ3v) is 3.89. The number of nitrogens with one attached hydrogen (secondary N) is 1. The summed E-state index contributed by atoms with van der Waals surface area (Å²) in [5.41, 5.74) is 0. The first kappa shape index (κ1) is 12.3. The third kappa shape index (κ3) is 5.93. The van der Waals surface area contributed by atoms with Crippen LogP contribution in [0.1, 0.15) is 13.8 Å². The number of sulfonamides is 1. The minimum Gasteiger partial charge on any atom is -0.377 e. The molecule has 0 bridgehead atoms. The van der Waals surface area contributed by atoms with E-state index in [1.54, 1.807) is 0 Å². The van der Waals surface area contributed by atoms with Crippen molar-refractivity contribution in [1.82, 2.24) is 4.72 Å². The topological polar surface area (TPSA) is 55.4 Å². The van der Waals surface area contributed by atoms with Gasteiger partial charge >= 0.3 is 0 Å². The van der Waals surface area contributed by atoms with Gasteiger partial charge in [-0.15, -0.1) is 0 Å². The van der Waals surface area contributed by atoms with E-state index in [1.165, 1.54) is 0 Å². The van der Waals surface area contributed by atoms with Crippen LogP contribution in [0.4, 0.5) is 0 Å². The Balaban J connectivity index is 3.68. The van der Waals surface area contributed by atoms with E-state index in [0.717, 1.165) is 0 Å². The zero-order valence-electron chi connectivity index (χ0n) is 7.21. The van der Waals surface area contributed by atoms with Crippen LogP contribution >= 0.6 is 15.9 Å². The van der Waals surface area contributed by atoms with Crippen LogP contribution in [0, 0.1) is 0 Å². The van der Waals surface area contributed by atoms with E-state index in [-0.39, 0.29) is 10.8 Å². The summed E-state index contributed by atoms with van der Waals surface area (Å²) in [6.45, 7) is 4.61. The van der Waals surface area contributed by atoms with Crippen molar-refractivity contribution in [1.29, 1.82) is 0 Å². The first-order valence-electron chi connectivity index (χ1n) is 3.66. The highest BCUT2D eigenvalue weighted by Crippen LogP contribution is 1.93. The molecule has 0 aliphatic rings. The van der Waals surface area contributed by atoms with Gasteiger partial charge in [-0.05, 0) is 13.8 Å². The summed E-state index contributed by atoms with van der Waals surface area (Å²) in [7, 11) is -3.15. The SMILES string of the molecule is CCOC(C)CNS(=O)(=O)CBr. The highest BCUT2D eigenvalue weighted by Gasteiger charge is 2.09. The molecule has 1 unspecified atom stereocenters. The van der Waals surface area contributed by atoms with Crippen LogP contribution in [-0.4, -0.2) is 32.3 Å². The molecule has 0 heterocycles. The maximum atomic E-state index is 10.9. The van der Waals surface area contributed by atoms with Crippen molar-refractivity contribution < 1.29 is 13.2 Å². The van der Waals surface area contributed by atoms with Gasteiger partial charge in [-0.3, -0.25) is 0 Å². The van der Waals surface area contributed by atoms with Crippen LogP contribution in [0.15, 0.2) is 0 Å². The van der Waals surface area contributed by atoms with Crippen LogP contribution in [-0.2, 0) is 14.8 Å². The van der Waals surface area contributed by atoms with Crippen molar-refractivity contribution in [2.24, 2.45) is 0 Å². The van der Waals surface area contributed by atoms with Gasteiger partial charge in [-0.1, -0.05) is 15.9 Å². The molecule has 0 rings (SSSR count). The standard InChI is InChI=1S/C6H14BrNO3S/c1-3-11-6(2)4-8-12(9,10)5-7/h6,8H,3-5H2,1-2H3. The lowest BCUT2D eigenvalue weighted by Gasteiger charge is -2.11. The average Bonchev–Trinajstić information content (AvgIpc) is 2.02. The lowest BCUT2D eigenvalue weighted by molar-refractivity contribution is 0.0800. The molecule has 0 aromatic heterocycles. The lowest BCUT2D eigenvalue weighted by Crippen LogP contribution is -2.32. The number of alkyl halides is 1. The number of halogens is 1. The fourth-order valence-corrected chi connectivity index (χ4v) is 1.68. The molecule has 1 atom stereocenters. The van der Waals surface area contributed by atoms with Crippen molar-refractivity contribution in [2.75, 3.05) is 17.8 Å². The van der Waals surface area contributed by atoms with Gasteiger partial charge in [0.1, 0.15) is 4.66 Å². The predicted octanol–water partition coefficient (Wildman–Crippen LogP) is 0.683. The van der Waals surface area contributed by atoms with Gasteiger partial charge in [0.05, 0.1) is 6.10 Å². The third-order valence-electron chi connectivity index (χ3n) is 1.19. The predicted molar refractivity (Wildman–Crippen MR) is 51.8 cm³/mol. The van der Waals surface area contributed by atoms with E-state index >= 15 is 0 Å². The number of hydrogen-bond acceptors (Lipinski definition) is 3. The minimum absolute atomic E-state index is 0.0706. The second-order valence-electron chi connectivity index (χ2n) is 2.34. The fourth-order valence-electron chi connectivity index (χ4n) is 0.626. The van der Waals surface area contributed by atoms with Gasteiger partial charge in [-0.25, -0.2) is 13.1 Å². The van der Waals surface area contributed by atoms with Gasteiger partial charge in [0.2, 0.25) is 10.0 Å². The molecule has 4 nitrogen and oxygen atoms in total. The maximum absolute atomic E-state index is 10.9. The highest BCUT2D eigenvalue weighted by atomic mass is 79.9. The van der Waals surface area contributed by atoms with Gasteiger partial charge < -0.3 is 4.74 Å². The van der Waals surface area contributed by atoms with E-state index < -0.39 is 10.0 Å². The Morgan fingerprint density at radius 3 is 2.58 bits per heavy atom. The molecule has 0 radical (unpaired) electrons. The molecule has 0 aliphatic heterocycles. The lowest BCUT2D eigenvalue weighted by atomic mass is 10.4. The molecule has 0 fully saturated rings. The quantitative estimate of drug-likeness (QED) is 0.715. The Morgan fingerprint density at radius 2 is 2.17 bits per heavy atom. The molecule has 0 saturated heterocycles. The Labute approximate surface area is 81.9 Å². The van der Waals surface area contributed by atoms with E-state index in [2.05, 4.69) is 20.7 Å². The van der Waals surface area contributed by atoms with Gasteiger partial charge in [0, 0.05) is 13.2 Å². The monoisotopic (exact) mass is 259 g/mol. The van der Waals surface area contributed by atoms with Crippen LogP contribution in [0.25, 0.3) is 0 Å². The summed E-state index contributed by atoms with van der Waals surface area (Å²) >= 11 is 2.87. The van der Waals surface area contributed by atoms with E-state index in [1.807, 2.05) is 13.8 Å². The molecule has 0 aromatic rings. The smallest absolute Gasteiger partial charge is 0.221 e. The van der Waals surface area contributed by atoms with Crippen molar-refractivity contribution in [3.05, 3.63) is 0 Å². The van der Waals surface area contributed by atoms with Crippen molar-refractivity contribution in [3.8, 4) is 0 Å². The molecule has 0 aromatic carbocycles. The Morgan fingerprint density at radius 1 is 1.58 bits per heavy atom. The molecular weight excluding hydrogens is 246 g/mol. The Kier molecular flexibility index (Phi) is 6.08. The molecule has 0 saturated carbocycles. The fraction of sp³-hybridized carbons (Fsp3) is 1.00. The van der Waals surface area contributed by atoms with Crippen molar-refractivity contribution >= 4 is 26.0 Å². The molecule has 12 heavy (non-hydrogen) atoms. The van der Waals surface area contributed by atoms with E-state index in [9.17, 15) is 8.42 Å². The second-order valence-corrected chi connectivity index (χ2v) is 5.45. The Bertz CT molecular complexity index is 205. The highest BCUT2D eigenvalue weighted by molar-refractivity contribution is 9.10. The first-order valence-corrected chi connectivity index (χ1v) is 6.44. The van der Waals surface area contributed by atoms with Gasteiger partial charge in [0.15, 0.2) is 0 Å². The number of rotatable bonds is 6. The van der Waals surface area contributed by atoms with Crippen LogP contribution < -0.4 is 4.72 Å². The maximum Gasteiger partial charge on any atom is 0.221 e. The average molecular weight is 260 g/mol. The molecule has 0 amide bonds. The summed E-state index contributed by atoms with van der Waals surface area (Å²) in [4.78, 5) is 0. The van der Waals surface area contributed by atoms with E-state index in [0.29, 0.717) is 13.2 Å². The minimum atomic E-state index is -3.15. The molecule has 74 valence electrons. The van der Waals surface area contributed by atoms with Crippen molar-refractivity contribution in [2.45, 2.75) is 20.0 Å². The second kappa shape index (κ2) is 5.90. The van der Waals surface area contributed by atoms with Crippen LogP contribution in [0.3, 0.4) is 0 Å². The summed E-state index contributed by atoms with van der Waals surface area (Å²) < 4.78 is 29.3. The van der Waals surface area contributed by atoms with Gasteiger partial charge in [0.25, 0.3) is 0 Å². The zero-order valence-corrected chi connectivity index (χ0v) is 9.61. The molecule has 6 heteroatoms. The molecule has 1 N–H and O–H groups in total. The summed E-state index contributed by atoms with van der Waals surface area (Å²) in [6, 6.07) is 0. The van der Waals surface area contributed by atoms with Crippen LogP contribution in [0.2, 0.25) is 0 Å². The Hall–Kier alpha value is 0.350. The largest absolute Gasteiger partial charge is 0.377 e. The zero-order chi connectivity index (χ0) is 9.61. The first-order chi connectivity index (χ1) is 5.52. The van der Waals surface area contributed by atoms with Crippen molar-refractivity contribution in [3.63, 3.8) is 0 Å². The summed E-state index contributed by atoms with van der Waals surface area (Å²) in [5.74, 6) is 0. The van der Waals surface area contributed by atoms with Crippen LogP contribution in [0.5, 0.6) is 0 Å². The summed E-state index contributed by atoms with van der Waals surface area (Å²) in [6.07, 6.45) is -0.0798. The summed E-state index contributed by atoms with van der Waals surface area (Å²) in [5, 5.41) is 0. The molecule has 0 aliphatic carbocycles. The number of hydrogen-bond donors (Lipinski definition) is 1. The van der Waals surface area contributed by atoms with Gasteiger partial charge in [-0.2, -0.15) is 0 Å². The molecule has 0 spiro atoms. The van der Waals surface area contributed by atoms with E-state index in [4.69, 9.17) is 4.74 Å². The molecular formula is C6H14BrNO3S. The number of ether oxygens (including phenoxy) is 1.